The van der Waals surface area contributed by atoms with Crippen molar-refractivity contribution >= 4 is 11.5 Å². The van der Waals surface area contributed by atoms with Gasteiger partial charge in [0.1, 0.15) is 5.82 Å². The van der Waals surface area contributed by atoms with E-state index in [1.165, 1.54) is 0 Å². The molecule has 0 bridgehead atoms. The van der Waals surface area contributed by atoms with E-state index in [0.717, 1.165) is 17.1 Å². The lowest BCUT2D eigenvalue weighted by Gasteiger charge is -2.12. The van der Waals surface area contributed by atoms with E-state index in [1.807, 2.05) is 32.1 Å². The summed E-state index contributed by atoms with van der Waals surface area (Å²) in [4.78, 5) is 4.15. The van der Waals surface area contributed by atoms with Gasteiger partial charge in [-0.15, -0.1) is 0 Å². The van der Waals surface area contributed by atoms with Crippen LogP contribution in [0, 0.1) is 6.92 Å². The fourth-order valence-corrected chi connectivity index (χ4v) is 0.830. The van der Waals surface area contributed by atoms with Crippen LogP contribution in [0.4, 0.5) is 11.5 Å². The molecule has 0 aliphatic rings. The number of pyridine rings is 1. The van der Waals surface area contributed by atoms with Gasteiger partial charge in [0.2, 0.25) is 0 Å². The van der Waals surface area contributed by atoms with Gasteiger partial charge in [-0.3, -0.25) is 0 Å². The fraction of sp³-hybridized carbons (Fsp3) is 0.375. The Morgan fingerprint density at radius 3 is 2.67 bits per heavy atom. The van der Waals surface area contributed by atoms with Gasteiger partial charge in [-0.2, -0.15) is 0 Å². The minimum Gasteiger partial charge on any atom is -0.398 e. The molecule has 0 atom stereocenters. The van der Waals surface area contributed by atoms with E-state index in [-0.39, 0.29) is 0 Å². The van der Waals surface area contributed by atoms with E-state index in [1.54, 1.807) is 6.20 Å². The largest absolute Gasteiger partial charge is 0.398 e. The highest BCUT2D eigenvalue weighted by Crippen LogP contribution is 2.13. The summed E-state index contributed by atoms with van der Waals surface area (Å²) < 4.78 is 0. The van der Waals surface area contributed by atoms with Crippen molar-refractivity contribution in [1.29, 1.82) is 0 Å². The van der Waals surface area contributed by atoms with E-state index >= 15 is 0 Å². The van der Waals surface area contributed by atoms with Crippen molar-refractivity contribution in [3.63, 3.8) is 0 Å². The van der Waals surface area contributed by atoms with E-state index in [4.69, 9.17) is 5.73 Å². The van der Waals surface area contributed by atoms with Crippen LogP contribution in [0.15, 0.2) is 12.3 Å². The molecule has 3 N–H and O–H groups in total. The molecule has 0 aromatic carbocycles. The summed E-state index contributed by atoms with van der Waals surface area (Å²) in [5, 5.41) is 1.82. The zero-order valence-corrected chi connectivity index (χ0v) is 7.63. The first kappa shape index (κ1) is 8.80. The van der Waals surface area contributed by atoms with Gasteiger partial charge in [-0.05, 0) is 12.5 Å². The van der Waals surface area contributed by atoms with Gasteiger partial charge in [-0.25, -0.2) is 9.99 Å². The number of hydrogen-bond donors (Lipinski definition) is 2. The van der Waals surface area contributed by atoms with Crippen LogP contribution in [-0.4, -0.2) is 24.1 Å². The predicted octanol–water partition coefficient (Wildman–Crippen LogP) is 0.861. The molecule has 0 amide bonds. The average Bonchev–Trinajstić information content (AvgIpc) is 1.96. The minimum absolute atomic E-state index is 0.759. The molecule has 0 aliphatic heterocycles. The second-order valence-electron chi connectivity index (χ2n) is 2.93. The Labute approximate surface area is 72.4 Å². The van der Waals surface area contributed by atoms with Gasteiger partial charge in [0.05, 0.1) is 0 Å². The van der Waals surface area contributed by atoms with Crippen molar-refractivity contribution in [3.05, 3.63) is 17.8 Å². The molecular weight excluding hydrogens is 152 g/mol. The summed E-state index contributed by atoms with van der Waals surface area (Å²) >= 11 is 0. The number of nitrogen functional groups attached to an aromatic ring is 1. The van der Waals surface area contributed by atoms with Crippen molar-refractivity contribution in [2.45, 2.75) is 6.92 Å². The highest BCUT2D eigenvalue weighted by atomic mass is 15.5. The molecule has 12 heavy (non-hydrogen) atoms. The van der Waals surface area contributed by atoms with Gasteiger partial charge in [0.25, 0.3) is 0 Å². The Kier molecular flexibility index (Phi) is 2.50. The number of nitrogens with two attached hydrogens (primary N) is 1. The Morgan fingerprint density at radius 2 is 2.17 bits per heavy atom. The molecule has 1 aromatic heterocycles. The molecule has 1 aromatic rings. The SMILES string of the molecule is Cc1cnc(NN(C)C)cc1N. The Bertz CT molecular complexity index is 270. The number of nitrogens with one attached hydrogen (secondary N) is 1. The highest BCUT2D eigenvalue weighted by Gasteiger charge is 1.97. The third-order valence-corrected chi connectivity index (χ3v) is 1.48. The summed E-state index contributed by atoms with van der Waals surface area (Å²) in [5.41, 5.74) is 10.5. The molecule has 0 saturated carbocycles. The number of aryl methyl sites for hydroxylation is 1. The Hall–Kier alpha value is -1.29. The van der Waals surface area contributed by atoms with Gasteiger partial charge in [0, 0.05) is 32.0 Å². The summed E-state index contributed by atoms with van der Waals surface area (Å²) in [7, 11) is 3.80. The van der Waals surface area contributed by atoms with Crippen LogP contribution < -0.4 is 11.2 Å². The Balaban J connectivity index is 2.82. The molecule has 4 nitrogen and oxygen atoms in total. The lowest BCUT2D eigenvalue weighted by atomic mass is 10.3. The van der Waals surface area contributed by atoms with E-state index in [9.17, 15) is 0 Å². The molecule has 0 fully saturated rings. The van der Waals surface area contributed by atoms with E-state index in [0.29, 0.717) is 0 Å². The molecule has 4 heteroatoms. The summed E-state index contributed by atoms with van der Waals surface area (Å²) in [6, 6.07) is 1.81. The Morgan fingerprint density at radius 1 is 1.50 bits per heavy atom. The number of anilines is 2. The summed E-state index contributed by atoms with van der Waals surface area (Å²) in [6.07, 6.45) is 1.75. The maximum Gasteiger partial charge on any atom is 0.142 e. The molecule has 0 aliphatic carbocycles. The summed E-state index contributed by atoms with van der Waals surface area (Å²) in [6.45, 7) is 1.93. The van der Waals surface area contributed by atoms with E-state index in [2.05, 4.69) is 10.4 Å². The molecule has 0 radical (unpaired) electrons. The zero-order valence-electron chi connectivity index (χ0n) is 7.63. The highest BCUT2D eigenvalue weighted by molar-refractivity contribution is 5.52. The van der Waals surface area contributed by atoms with Crippen LogP contribution in [0.1, 0.15) is 5.56 Å². The number of rotatable bonds is 2. The average molecular weight is 166 g/mol. The number of hydrogen-bond acceptors (Lipinski definition) is 4. The van der Waals surface area contributed by atoms with Gasteiger partial charge in [-0.1, -0.05) is 0 Å². The van der Waals surface area contributed by atoms with Crippen LogP contribution in [0.5, 0.6) is 0 Å². The predicted molar refractivity (Wildman–Crippen MR) is 50.7 cm³/mol. The molecule has 0 spiro atoms. The van der Waals surface area contributed by atoms with Crippen LogP contribution >= 0.6 is 0 Å². The first-order valence-electron chi connectivity index (χ1n) is 3.75. The standard InChI is InChI=1S/C8H14N4/c1-6-5-10-8(4-7(6)9)11-12(2)3/h4-5H,1-3H3,(H3,9,10,11). The van der Waals surface area contributed by atoms with Crippen molar-refractivity contribution < 1.29 is 0 Å². The quantitative estimate of drug-likeness (QED) is 0.640. The second kappa shape index (κ2) is 3.40. The number of nitrogens with zero attached hydrogens (tertiary/aromatic N) is 2. The normalized spacial score (nSPS) is 10.3. The van der Waals surface area contributed by atoms with Gasteiger partial charge in [0.15, 0.2) is 0 Å². The lowest BCUT2D eigenvalue weighted by Crippen LogP contribution is -2.20. The van der Waals surface area contributed by atoms with Crippen LogP contribution in [-0.2, 0) is 0 Å². The maximum absolute atomic E-state index is 5.70. The second-order valence-corrected chi connectivity index (χ2v) is 2.93. The molecule has 0 unspecified atom stereocenters. The monoisotopic (exact) mass is 166 g/mol. The zero-order chi connectivity index (χ0) is 9.14. The van der Waals surface area contributed by atoms with Gasteiger partial charge < -0.3 is 11.2 Å². The van der Waals surface area contributed by atoms with Crippen LogP contribution in [0.2, 0.25) is 0 Å². The first-order valence-corrected chi connectivity index (χ1v) is 3.75. The molecule has 66 valence electrons. The van der Waals surface area contributed by atoms with Crippen molar-refractivity contribution in [1.82, 2.24) is 9.99 Å². The van der Waals surface area contributed by atoms with Crippen molar-refractivity contribution in [2.24, 2.45) is 0 Å². The molecule has 1 heterocycles. The first-order chi connectivity index (χ1) is 5.59. The van der Waals surface area contributed by atoms with E-state index < -0.39 is 0 Å². The minimum atomic E-state index is 0.759. The van der Waals surface area contributed by atoms with Crippen LogP contribution in [0.3, 0.4) is 0 Å². The number of aromatic nitrogens is 1. The molecule has 1 rings (SSSR count). The number of hydrazine groups is 1. The van der Waals surface area contributed by atoms with Gasteiger partial charge >= 0.3 is 0 Å². The topological polar surface area (TPSA) is 54.2 Å². The summed E-state index contributed by atoms with van der Waals surface area (Å²) in [5.74, 6) is 0.767. The smallest absolute Gasteiger partial charge is 0.142 e. The third kappa shape index (κ3) is 2.10. The molecular formula is C8H14N4. The lowest BCUT2D eigenvalue weighted by molar-refractivity contribution is 0.492. The fourth-order valence-electron chi connectivity index (χ4n) is 0.830. The van der Waals surface area contributed by atoms with Crippen LogP contribution in [0.25, 0.3) is 0 Å². The maximum atomic E-state index is 5.70. The van der Waals surface area contributed by atoms with Crippen molar-refractivity contribution in [2.75, 3.05) is 25.3 Å². The third-order valence-electron chi connectivity index (χ3n) is 1.48. The van der Waals surface area contributed by atoms with Crippen molar-refractivity contribution in [3.8, 4) is 0 Å². The molecule has 0 saturated heterocycles.